The van der Waals surface area contributed by atoms with Gasteiger partial charge in [0.25, 0.3) is 0 Å². The summed E-state index contributed by atoms with van der Waals surface area (Å²) in [5, 5.41) is 3.23. The molecule has 0 aromatic carbocycles. The number of halogens is 1. The Morgan fingerprint density at radius 1 is 1.67 bits per heavy atom. The third kappa shape index (κ3) is 2.97. The number of ether oxygens (including phenoxy) is 1. The molecule has 0 spiro atoms. The van der Waals surface area contributed by atoms with Crippen LogP contribution >= 0.6 is 23.4 Å². The predicted octanol–water partition coefficient (Wildman–Crippen LogP) is 1.38. The van der Waals surface area contributed by atoms with Crippen LogP contribution in [0.3, 0.4) is 0 Å². The fraction of sp³-hybridized carbons (Fsp3) is 0.375. The Morgan fingerprint density at radius 2 is 2.40 bits per heavy atom. The van der Waals surface area contributed by atoms with Crippen LogP contribution in [0, 0.1) is 0 Å². The van der Waals surface area contributed by atoms with Gasteiger partial charge in [0.2, 0.25) is 11.8 Å². The molecule has 1 aromatic heterocycles. The molecule has 5 nitrogen and oxygen atoms in total. The van der Waals surface area contributed by atoms with Crippen molar-refractivity contribution in [2.24, 2.45) is 0 Å². The van der Waals surface area contributed by atoms with E-state index in [1.165, 1.54) is 25.2 Å². The van der Waals surface area contributed by atoms with Crippen molar-refractivity contribution in [2.75, 3.05) is 24.6 Å². The highest BCUT2D eigenvalue weighted by atomic mass is 35.5. The van der Waals surface area contributed by atoms with Gasteiger partial charge in [0.1, 0.15) is 22.9 Å². The minimum Gasteiger partial charge on any atom is -0.479 e. The highest BCUT2D eigenvalue weighted by Gasteiger charge is 2.13. The summed E-state index contributed by atoms with van der Waals surface area (Å²) in [5.74, 6) is -0.112. The van der Waals surface area contributed by atoms with E-state index in [9.17, 15) is 4.79 Å². The van der Waals surface area contributed by atoms with Gasteiger partial charge in [-0.25, -0.2) is 4.98 Å². The molecular weight excluding hydrogens is 238 g/mol. The molecule has 15 heavy (non-hydrogen) atoms. The molecular formula is C8H10ClN3O2S. The number of carbonyl (C=O) groups excluding carboxylic acids is 1. The summed E-state index contributed by atoms with van der Waals surface area (Å²) in [6, 6.07) is 0. The van der Waals surface area contributed by atoms with Crippen LogP contribution in [0.5, 0.6) is 5.88 Å². The summed E-state index contributed by atoms with van der Waals surface area (Å²) >= 11 is 6.78. The van der Waals surface area contributed by atoms with Crippen molar-refractivity contribution >= 4 is 35.0 Å². The molecule has 1 rings (SSSR count). The van der Waals surface area contributed by atoms with Crippen LogP contribution in [-0.2, 0) is 4.79 Å². The maximum Gasteiger partial charge on any atom is 0.241 e. The largest absolute Gasteiger partial charge is 0.479 e. The zero-order valence-corrected chi connectivity index (χ0v) is 9.85. The number of rotatable bonds is 4. The first-order valence-corrected chi connectivity index (χ1v) is 5.77. The normalized spacial score (nSPS) is 9.80. The molecule has 1 aromatic rings. The number of methoxy groups -OCH3 is 1. The molecule has 0 radical (unpaired) electrons. The SMILES string of the molecule is COc1ncnc(SC)c1NC(=O)CCl. The summed E-state index contributed by atoms with van der Waals surface area (Å²) < 4.78 is 5.01. The molecule has 82 valence electrons. The van der Waals surface area contributed by atoms with Gasteiger partial charge in [0.05, 0.1) is 7.11 Å². The maximum absolute atomic E-state index is 11.2. The van der Waals surface area contributed by atoms with Gasteiger partial charge in [-0.05, 0) is 6.26 Å². The minimum absolute atomic E-state index is 0.119. The average molecular weight is 248 g/mol. The number of carbonyl (C=O) groups is 1. The maximum atomic E-state index is 11.2. The van der Waals surface area contributed by atoms with Crippen LogP contribution in [-0.4, -0.2) is 35.1 Å². The van der Waals surface area contributed by atoms with E-state index in [0.29, 0.717) is 16.6 Å². The second kappa shape index (κ2) is 5.77. The van der Waals surface area contributed by atoms with Crippen molar-refractivity contribution in [3.8, 4) is 5.88 Å². The predicted molar refractivity (Wildman–Crippen MR) is 59.7 cm³/mol. The number of anilines is 1. The smallest absolute Gasteiger partial charge is 0.241 e. The average Bonchev–Trinajstić information content (AvgIpc) is 2.29. The molecule has 7 heteroatoms. The Labute approximate surface area is 96.6 Å². The van der Waals surface area contributed by atoms with E-state index in [1.54, 1.807) is 0 Å². The summed E-state index contributed by atoms with van der Waals surface area (Å²) in [4.78, 5) is 19.0. The van der Waals surface area contributed by atoms with Crippen LogP contribution in [0.25, 0.3) is 0 Å². The molecule has 0 fully saturated rings. The molecule has 0 unspecified atom stereocenters. The number of amides is 1. The lowest BCUT2D eigenvalue weighted by Crippen LogP contribution is -2.15. The van der Waals surface area contributed by atoms with Crippen molar-refractivity contribution in [3.05, 3.63) is 6.33 Å². The van der Waals surface area contributed by atoms with Crippen molar-refractivity contribution in [1.82, 2.24) is 9.97 Å². The number of alkyl halides is 1. The molecule has 0 bridgehead atoms. The quantitative estimate of drug-likeness (QED) is 0.495. The third-order valence-electron chi connectivity index (χ3n) is 1.55. The zero-order chi connectivity index (χ0) is 11.3. The minimum atomic E-state index is -0.319. The van der Waals surface area contributed by atoms with E-state index >= 15 is 0 Å². The Kier molecular flexibility index (Phi) is 4.64. The standard InChI is InChI=1S/C8H10ClN3O2S/c1-14-7-6(12-5(13)3-9)8(15-2)11-4-10-7/h4H,3H2,1-2H3,(H,12,13). The number of nitrogens with one attached hydrogen (secondary N) is 1. The summed E-state index contributed by atoms with van der Waals surface area (Å²) in [5.41, 5.74) is 0.457. The molecule has 1 N–H and O–H groups in total. The van der Waals surface area contributed by atoms with Crippen LogP contribution in [0.1, 0.15) is 0 Å². The second-order valence-electron chi connectivity index (χ2n) is 2.45. The zero-order valence-electron chi connectivity index (χ0n) is 8.28. The monoisotopic (exact) mass is 247 g/mol. The molecule has 0 atom stereocenters. The van der Waals surface area contributed by atoms with Gasteiger partial charge in [-0.3, -0.25) is 4.79 Å². The highest BCUT2D eigenvalue weighted by molar-refractivity contribution is 7.98. The number of thioether (sulfide) groups is 1. The van der Waals surface area contributed by atoms with Gasteiger partial charge in [-0.15, -0.1) is 23.4 Å². The Balaban J connectivity index is 3.05. The van der Waals surface area contributed by atoms with Gasteiger partial charge in [-0.2, -0.15) is 4.98 Å². The van der Waals surface area contributed by atoms with E-state index in [0.717, 1.165) is 0 Å². The van der Waals surface area contributed by atoms with Crippen LogP contribution in [0.4, 0.5) is 5.69 Å². The van der Waals surface area contributed by atoms with Crippen molar-refractivity contribution in [2.45, 2.75) is 5.03 Å². The second-order valence-corrected chi connectivity index (χ2v) is 3.51. The van der Waals surface area contributed by atoms with Crippen LogP contribution < -0.4 is 10.1 Å². The Hall–Kier alpha value is -1.01. The van der Waals surface area contributed by atoms with E-state index in [4.69, 9.17) is 16.3 Å². The molecule has 1 amide bonds. The van der Waals surface area contributed by atoms with Gasteiger partial charge in [0.15, 0.2) is 0 Å². The topological polar surface area (TPSA) is 64.1 Å². The van der Waals surface area contributed by atoms with Crippen molar-refractivity contribution in [3.63, 3.8) is 0 Å². The van der Waals surface area contributed by atoms with E-state index in [2.05, 4.69) is 15.3 Å². The number of hydrogen-bond donors (Lipinski definition) is 1. The number of aromatic nitrogens is 2. The van der Waals surface area contributed by atoms with Gasteiger partial charge >= 0.3 is 0 Å². The first-order valence-electron chi connectivity index (χ1n) is 4.01. The summed E-state index contributed by atoms with van der Waals surface area (Å²) in [6.45, 7) is 0. The van der Waals surface area contributed by atoms with E-state index in [1.807, 2.05) is 6.26 Å². The lowest BCUT2D eigenvalue weighted by Gasteiger charge is -2.10. The van der Waals surface area contributed by atoms with Gasteiger partial charge in [-0.1, -0.05) is 0 Å². The Morgan fingerprint density at radius 3 is 2.93 bits per heavy atom. The fourth-order valence-electron chi connectivity index (χ4n) is 0.944. The molecule has 1 heterocycles. The van der Waals surface area contributed by atoms with E-state index < -0.39 is 0 Å². The first kappa shape index (κ1) is 12.1. The first-order chi connectivity index (χ1) is 7.22. The van der Waals surface area contributed by atoms with Crippen molar-refractivity contribution in [1.29, 1.82) is 0 Å². The van der Waals surface area contributed by atoms with E-state index in [-0.39, 0.29) is 11.8 Å². The van der Waals surface area contributed by atoms with Crippen molar-refractivity contribution < 1.29 is 9.53 Å². The lowest BCUT2D eigenvalue weighted by molar-refractivity contribution is -0.114. The summed E-state index contributed by atoms with van der Waals surface area (Å²) in [6.07, 6.45) is 3.22. The number of nitrogens with zero attached hydrogens (tertiary/aromatic N) is 2. The highest BCUT2D eigenvalue weighted by Crippen LogP contribution is 2.29. The summed E-state index contributed by atoms with van der Waals surface area (Å²) in [7, 11) is 1.47. The van der Waals surface area contributed by atoms with Gasteiger partial charge in [0, 0.05) is 0 Å². The lowest BCUT2D eigenvalue weighted by atomic mass is 10.5. The van der Waals surface area contributed by atoms with Gasteiger partial charge < -0.3 is 10.1 Å². The van der Waals surface area contributed by atoms with Crippen LogP contribution in [0.15, 0.2) is 11.4 Å². The number of hydrogen-bond acceptors (Lipinski definition) is 5. The Bertz CT molecular complexity index is 339. The third-order valence-corrected chi connectivity index (χ3v) is 2.49. The molecule has 0 aliphatic carbocycles. The molecule has 0 saturated heterocycles. The molecule has 0 aliphatic heterocycles. The van der Waals surface area contributed by atoms with Crippen LogP contribution in [0.2, 0.25) is 0 Å². The fourth-order valence-corrected chi connectivity index (χ4v) is 1.51. The molecule has 0 saturated carbocycles. The molecule has 0 aliphatic rings.